The quantitative estimate of drug-likeness (QED) is 0.756. The van der Waals surface area contributed by atoms with Gasteiger partial charge in [-0.25, -0.2) is 9.59 Å². The Balaban J connectivity index is 3.04. The lowest BCUT2D eigenvalue weighted by Crippen LogP contribution is -2.26. The molecule has 0 fully saturated rings. The minimum Gasteiger partial charge on any atom is -0.479 e. The number of halogens is 1. The topological polar surface area (TPSA) is 83.8 Å². The summed E-state index contributed by atoms with van der Waals surface area (Å²) >= 11 is 5.84. The first-order chi connectivity index (χ1) is 9.43. The second-order valence-corrected chi connectivity index (χ2v) is 4.52. The van der Waals surface area contributed by atoms with Gasteiger partial charge in [0, 0.05) is 16.7 Å². The molecule has 108 valence electrons. The van der Waals surface area contributed by atoms with Crippen molar-refractivity contribution < 1.29 is 24.5 Å². The molecule has 0 saturated heterocycles. The zero-order chi connectivity index (χ0) is 15.1. The molecule has 0 aromatic heterocycles. The van der Waals surface area contributed by atoms with E-state index in [2.05, 4.69) is 0 Å². The van der Waals surface area contributed by atoms with Crippen molar-refractivity contribution in [2.24, 2.45) is 0 Å². The van der Waals surface area contributed by atoms with Crippen LogP contribution in [0.1, 0.15) is 25.3 Å². The lowest BCUT2D eigenvalue weighted by atomic mass is 10.1. The van der Waals surface area contributed by atoms with E-state index >= 15 is 0 Å². The predicted molar refractivity (Wildman–Crippen MR) is 75.1 cm³/mol. The van der Waals surface area contributed by atoms with Crippen LogP contribution < -0.4 is 4.74 Å². The molecule has 0 radical (unpaired) electrons. The number of hydrogen-bond acceptors (Lipinski definition) is 3. The molecular weight excluding hydrogens is 284 g/mol. The van der Waals surface area contributed by atoms with E-state index < -0.39 is 18.0 Å². The summed E-state index contributed by atoms with van der Waals surface area (Å²) in [5.41, 5.74) is 0.419. The third-order valence-electron chi connectivity index (χ3n) is 2.47. The molecule has 0 bridgehead atoms. The number of ether oxygens (including phenoxy) is 1. The van der Waals surface area contributed by atoms with Crippen LogP contribution >= 0.6 is 11.6 Å². The average Bonchev–Trinajstić information content (AvgIpc) is 2.37. The normalized spacial score (nSPS) is 12.3. The Hall–Kier alpha value is -2.01. The number of carboxylic acids is 2. The van der Waals surface area contributed by atoms with E-state index in [0.717, 1.165) is 6.08 Å². The third kappa shape index (κ3) is 4.93. The Kier molecular flexibility index (Phi) is 6.06. The maximum atomic E-state index is 11.1. The number of carbonyl (C=O) groups is 2. The summed E-state index contributed by atoms with van der Waals surface area (Å²) < 4.78 is 5.43. The molecule has 0 heterocycles. The Morgan fingerprint density at radius 3 is 2.65 bits per heavy atom. The van der Waals surface area contributed by atoms with E-state index in [1.807, 2.05) is 6.92 Å². The van der Waals surface area contributed by atoms with Crippen LogP contribution in [0.15, 0.2) is 24.3 Å². The summed E-state index contributed by atoms with van der Waals surface area (Å²) in [6.45, 7) is 1.85. The molecule has 0 aliphatic rings. The van der Waals surface area contributed by atoms with Gasteiger partial charge in [0.05, 0.1) is 0 Å². The standard InChI is InChI=1S/C14H15ClO5/c1-2-3-12(14(18)19)20-11-6-5-10(15)8-9(11)4-7-13(16)17/h4-8,12H,2-3H2,1H3,(H,16,17)(H,18,19)/b7-4+. The van der Waals surface area contributed by atoms with Crippen LogP contribution in [0.2, 0.25) is 5.02 Å². The van der Waals surface area contributed by atoms with E-state index in [-0.39, 0.29) is 5.75 Å². The number of benzene rings is 1. The van der Waals surface area contributed by atoms with Crippen LogP contribution in [0.4, 0.5) is 0 Å². The first-order valence-corrected chi connectivity index (χ1v) is 6.41. The van der Waals surface area contributed by atoms with E-state index in [9.17, 15) is 9.59 Å². The molecule has 0 saturated carbocycles. The van der Waals surface area contributed by atoms with Crippen LogP contribution in [-0.2, 0) is 9.59 Å². The van der Waals surface area contributed by atoms with Crippen molar-refractivity contribution in [2.45, 2.75) is 25.9 Å². The SMILES string of the molecule is CCCC(Oc1ccc(Cl)cc1/C=C/C(=O)O)C(=O)O. The zero-order valence-corrected chi connectivity index (χ0v) is 11.6. The Morgan fingerprint density at radius 2 is 2.10 bits per heavy atom. The van der Waals surface area contributed by atoms with Crippen molar-refractivity contribution in [1.82, 2.24) is 0 Å². The van der Waals surface area contributed by atoms with Crippen LogP contribution in [-0.4, -0.2) is 28.3 Å². The van der Waals surface area contributed by atoms with Gasteiger partial charge in [0.1, 0.15) is 5.75 Å². The molecule has 0 amide bonds. The highest BCUT2D eigenvalue weighted by Crippen LogP contribution is 2.26. The summed E-state index contributed by atoms with van der Waals surface area (Å²) in [6, 6.07) is 4.59. The van der Waals surface area contributed by atoms with Gasteiger partial charge < -0.3 is 14.9 Å². The first kappa shape index (κ1) is 16.0. The van der Waals surface area contributed by atoms with Crippen LogP contribution in [0.5, 0.6) is 5.75 Å². The lowest BCUT2D eigenvalue weighted by molar-refractivity contribution is -0.145. The van der Waals surface area contributed by atoms with Crippen molar-refractivity contribution in [3.05, 3.63) is 34.9 Å². The third-order valence-corrected chi connectivity index (χ3v) is 2.71. The fraction of sp³-hybridized carbons (Fsp3) is 0.286. The summed E-state index contributed by atoms with van der Waals surface area (Å²) in [5.74, 6) is -1.89. The first-order valence-electron chi connectivity index (χ1n) is 6.04. The van der Waals surface area contributed by atoms with Gasteiger partial charge in [0.15, 0.2) is 6.10 Å². The van der Waals surface area contributed by atoms with Crippen LogP contribution in [0, 0.1) is 0 Å². The number of carboxylic acid groups (broad SMARTS) is 2. The van der Waals surface area contributed by atoms with Gasteiger partial charge in [-0.1, -0.05) is 24.9 Å². The highest BCUT2D eigenvalue weighted by atomic mass is 35.5. The Labute approximate surface area is 121 Å². The monoisotopic (exact) mass is 298 g/mol. The summed E-state index contributed by atoms with van der Waals surface area (Å²) in [7, 11) is 0. The highest BCUT2D eigenvalue weighted by Gasteiger charge is 2.19. The van der Waals surface area contributed by atoms with Gasteiger partial charge in [-0.15, -0.1) is 0 Å². The summed E-state index contributed by atoms with van der Waals surface area (Å²) in [5, 5.41) is 18.1. The van der Waals surface area contributed by atoms with Crippen molar-refractivity contribution >= 4 is 29.6 Å². The number of rotatable bonds is 7. The molecule has 1 rings (SSSR count). The maximum Gasteiger partial charge on any atom is 0.344 e. The van der Waals surface area contributed by atoms with E-state index in [1.165, 1.54) is 18.2 Å². The number of aliphatic carboxylic acids is 2. The van der Waals surface area contributed by atoms with Crippen LogP contribution in [0.3, 0.4) is 0 Å². The van der Waals surface area contributed by atoms with Gasteiger partial charge in [-0.3, -0.25) is 0 Å². The van der Waals surface area contributed by atoms with Gasteiger partial charge in [-0.05, 0) is 30.7 Å². The molecule has 1 atom stereocenters. The van der Waals surface area contributed by atoms with Gasteiger partial charge in [0.2, 0.25) is 0 Å². The van der Waals surface area contributed by atoms with Crippen molar-refractivity contribution in [2.75, 3.05) is 0 Å². The fourth-order valence-electron chi connectivity index (χ4n) is 1.57. The van der Waals surface area contributed by atoms with Crippen molar-refractivity contribution in [1.29, 1.82) is 0 Å². The molecule has 2 N–H and O–H groups in total. The van der Waals surface area contributed by atoms with Crippen molar-refractivity contribution in [3.8, 4) is 5.75 Å². The Bertz CT molecular complexity index is 524. The smallest absolute Gasteiger partial charge is 0.344 e. The molecule has 1 unspecified atom stereocenters. The molecule has 0 aliphatic carbocycles. The second-order valence-electron chi connectivity index (χ2n) is 4.09. The molecule has 1 aromatic rings. The van der Waals surface area contributed by atoms with E-state index in [4.69, 9.17) is 26.6 Å². The molecule has 20 heavy (non-hydrogen) atoms. The van der Waals surface area contributed by atoms with E-state index in [0.29, 0.717) is 23.4 Å². The van der Waals surface area contributed by atoms with Gasteiger partial charge >= 0.3 is 11.9 Å². The highest BCUT2D eigenvalue weighted by molar-refractivity contribution is 6.30. The van der Waals surface area contributed by atoms with Crippen LogP contribution in [0.25, 0.3) is 6.08 Å². The Morgan fingerprint density at radius 1 is 1.40 bits per heavy atom. The van der Waals surface area contributed by atoms with E-state index in [1.54, 1.807) is 6.07 Å². The average molecular weight is 299 g/mol. The number of hydrogen-bond donors (Lipinski definition) is 2. The second kappa shape index (κ2) is 7.55. The fourth-order valence-corrected chi connectivity index (χ4v) is 1.75. The predicted octanol–water partition coefficient (Wildman–Crippen LogP) is 3.07. The zero-order valence-electron chi connectivity index (χ0n) is 10.9. The largest absolute Gasteiger partial charge is 0.479 e. The molecular formula is C14H15ClO5. The maximum absolute atomic E-state index is 11.1. The minimum atomic E-state index is -1.11. The molecule has 5 nitrogen and oxygen atoms in total. The lowest BCUT2D eigenvalue weighted by Gasteiger charge is -2.16. The molecule has 1 aromatic carbocycles. The van der Waals surface area contributed by atoms with Gasteiger partial charge in [0.25, 0.3) is 0 Å². The van der Waals surface area contributed by atoms with Crippen molar-refractivity contribution in [3.63, 3.8) is 0 Å². The van der Waals surface area contributed by atoms with Gasteiger partial charge in [-0.2, -0.15) is 0 Å². The molecule has 0 spiro atoms. The summed E-state index contributed by atoms with van der Waals surface area (Å²) in [4.78, 5) is 21.6. The molecule has 0 aliphatic heterocycles. The summed E-state index contributed by atoms with van der Waals surface area (Å²) in [6.07, 6.45) is 2.30. The molecule has 6 heteroatoms. The minimum absolute atomic E-state index is 0.285.